The molecule has 0 radical (unpaired) electrons. The van der Waals surface area contributed by atoms with Crippen molar-refractivity contribution in [1.29, 1.82) is 0 Å². The van der Waals surface area contributed by atoms with E-state index < -0.39 is 0 Å². The third kappa shape index (κ3) is 19.9. The molecule has 1 nitrogen and oxygen atoms in total. The number of rotatable bonds is 2. The summed E-state index contributed by atoms with van der Waals surface area (Å²) >= 11 is 5.24. The number of hydrogen-bond acceptors (Lipinski definition) is 1. The van der Waals surface area contributed by atoms with Crippen LogP contribution < -0.4 is 5.32 Å². The molecule has 4 heteroatoms. The molecule has 0 rings (SSSR count). The predicted octanol–water partition coefficient (Wildman–Crippen LogP) is 1.29. The topological polar surface area (TPSA) is 12.0 Å². The molecule has 0 aromatic carbocycles. The van der Waals surface area contributed by atoms with E-state index in [1.165, 1.54) is 0 Å². The van der Waals surface area contributed by atoms with Crippen LogP contribution in [0.4, 0.5) is 0 Å². The number of hydrogen-bond donors (Lipinski definition) is 1. The van der Waals surface area contributed by atoms with Crippen LogP contribution in [0.25, 0.3) is 0 Å². The quantitative estimate of drug-likeness (QED) is 0.610. The summed E-state index contributed by atoms with van der Waals surface area (Å²) in [6.45, 7) is 0.904. The van der Waals surface area contributed by atoms with Crippen molar-refractivity contribution in [3.05, 3.63) is 0 Å². The molecule has 0 heterocycles. The van der Waals surface area contributed by atoms with Gasteiger partial charge in [-0.2, -0.15) is 0 Å². The molecule has 48 valence electrons. The van der Waals surface area contributed by atoms with Crippen molar-refractivity contribution < 1.29 is 0 Å². The average Bonchev–Trinajstić information content (AvgIpc) is 1.41. The van der Waals surface area contributed by atoms with Crippen molar-refractivity contribution in [3.63, 3.8) is 0 Å². The Hall–Kier alpha value is 0.830. The van der Waals surface area contributed by atoms with Crippen LogP contribution in [0.1, 0.15) is 0 Å². The molecule has 0 fully saturated rings. The van der Waals surface area contributed by atoms with Crippen LogP contribution in [0, 0.1) is 0 Å². The summed E-state index contributed by atoms with van der Waals surface area (Å²) in [6.07, 6.45) is 0. The van der Waals surface area contributed by atoms with Gasteiger partial charge in [-0.05, 0) is 7.05 Å². The smallest absolute Gasteiger partial charge is 0.0348 e. The van der Waals surface area contributed by atoms with Gasteiger partial charge < -0.3 is 5.32 Å². The van der Waals surface area contributed by atoms with E-state index in [9.17, 15) is 0 Å². The Morgan fingerprint density at radius 3 is 1.86 bits per heavy atom. The van der Waals surface area contributed by atoms with Gasteiger partial charge in [-0.1, -0.05) is 0 Å². The van der Waals surface area contributed by atoms with Crippen LogP contribution in [0.2, 0.25) is 0 Å². The van der Waals surface area contributed by atoms with Crippen LogP contribution in [0.15, 0.2) is 0 Å². The summed E-state index contributed by atoms with van der Waals surface area (Å²) in [5.74, 6) is 0.705. The highest BCUT2D eigenvalue weighted by molar-refractivity contribution is 6.18. The third-order valence-electron chi connectivity index (χ3n) is 0.344. The van der Waals surface area contributed by atoms with Gasteiger partial charge in [-0.15, -0.1) is 36.4 Å². The molecule has 0 unspecified atom stereocenters. The van der Waals surface area contributed by atoms with E-state index in [0.717, 1.165) is 6.54 Å². The molecule has 0 aliphatic carbocycles. The first-order chi connectivity index (χ1) is 2.41. The maximum absolute atomic E-state index is 5.24. The Labute approximate surface area is 61.6 Å². The third-order valence-corrected chi connectivity index (χ3v) is 0.533. The monoisotopic (exact) mass is 165 g/mol. The summed E-state index contributed by atoms with van der Waals surface area (Å²) in [4.78, 5) is 0. The van der Waals surface area contributed by atoms with E-state index in [2.05, 4.69) is 5.32 Å². The number of nitrogens with one attached hydrogen (secondary N) is 1. The van der Waals surface area contributed by atoms with Crippen LogP contribution >= 0.6 is 36.4 Å². The lowest BCUT2D eigenvalue weighted by molar-refractivity contribution is 0.869. The van der Waals surface area contributed by atoms with Gasteiger partial charge in [0.25, 0.3) is 0 Å². The first-order valence-electron chi connectivity index (χ1n) is 1.62. The molecule has 0 aliphatic heterocycles. The van der Waals surface area contributed by atoms with E-state index in [-0.39, 0.29) is 24.8 Å². The van der Waals surface area contributed by atoms with Crippen molar-refractivity contribution >= 4 is 36.4 Å². The lowest BCUT2D eigenvalue weighted by atomic mass is 10.8. The molecule has 0 spiro atoms. The minimum atomic E-state index is 0. The highest BCUT2D eigenvalue weighted by Crippen LogP contribution is 1.64. The molecule has 0 aromatic heterocycles. The molecular formula is C3H10Cl3N. The molecule has 0 aromatic rings. The summed E-state index contributed by atoms with van der Waals surface area (Å²) in [5.41, 5.74) is 0. The van der Waals surface area contributed by atoms with Gasteiger partial charge in [0.15, 0.2) is 0 Å². The van der Waals surface area contributed by atoms with E-state index in [1.54, 1.807) is 0 Å². The second-order valence-corrected chi connectivity index (χ2v) is 1.17. The maximum atomic E-state index is 5.24. The van der Waals surface area contributed by atoms with Gasteiger partial charge in [-0.3, -0.25) is 0 Å². The lowest BCUT2D eigenvalue weighted by Gasteiger charge is -1.82. The van der Waals surface area contributed by atoms with Crippen molar-refractivity contribution in [2.24, 2.45) is 0 Å². The highest BCUT2D eigenvalue weighted by atomic mass is 35.5. The molecule has 0 saturated heterocycles. The fourth-order valence-electron chi connectivity index (χ4n) is 0.0945. The second kappa shape index (κ2) is 15.8. The molecular weight excluding hydrogens is 156 g/mol. The molecule has 0 atom stereocenters. The highest BCUT2D eigenvalue weighted by Gasteiger charge is 1.67. The van der Waals surface area contributed by atoms with E-state index in [1.807, 2.05) is 7.05 Å². The van der Waals surface area contributed by atoms with Gasteiger partial charge >= 0.3 is 0 Å². The van der Waals surface area contributed by atoms with E-state index in [0.29, 0.717) is 5.88 Å². The molecule has 0 saturated carbocycles. The second-order valence-electron chi connectivity index (χ2n) is 0.793. The van der Waals surface area contributed by atoms with E-state index in [4.69, 9.17) is 11.6 Å². The first kappa shape index (κ1) is 15.7. The van der Waals surface area contributed by atoms with Crippen molar-refractivity contribution in [1.82, 2.24) is 5.32 Å². The average molecular weight is 166 g/mol. The Bertz CT molecular complexity index is 17.7. The number of halogens is 3. The summed E-state index contributed by atoms with van der Waals surface area (Å²) in [7, 11) is 1.88. The van der Waals surface area contributed by atoms with Crippen molar-refractivity contribution in [2.75, 3.05) is 19.5 Å². The summed E-state index contributed by atoms with van der Waals surface area (Å²) < 4.78 is 0. The zero-order chi connectivity index (χ0) is 4.12. The summed E-state index contributed by atoms with van der Waals surface area (Å²) in [6, 6.07) is 0. The Morgan fingerprint density at radius 1 is 1.43 bits per heavy atom. The SMILES string of the molecule is CNCCCl.Cl.Cl. The molecule has 1 N–H and O–H groups in total. The first-order valence-corrected chi connectivity index (χ1v) is 2.16. The zero-order valence-electron chi connectivity index (χ0n) is 4.11. The Balaban J connectivity index is -0.0000000800. The van der Waals surface area contributed by atoms with Crippen LogP contribution in [-0.2, 0) is 0 Å². The maximum Gasteiger partial charge on any atom is 0.0348 e. The van der Waals surface area contributed by atoms with Gasteiger partial charge in [0.05, 0.1) is 0 Å². The lowest BCUT2D eigenvalue weighted by Crippen LogP contribution is -2.07. The molecule has 0 amide bonds. The Morgan fingerprint density at radius 2 is 1.86 bits per heavy atom. The zero-order valence-corrected chi connectivity index (χ0v) is 6.50. The fraction of sp³-hybridized carbons (Fsp3) is 1.00. The predicted molar refractivity (Wildman–Crippen MR) is 39.1 cm³/mol. The van der Waals surface area contributed by atoms with Crippen LogP contribution in [0.5, 0.6) is 0 Å². The standard InChI is InChI=1S/C3H8ClN.2ClH/c1-5-3-2-4;;/h5H,2-3H2,1H3;2*1H. The van der Waals surface area contributed by atoms with Gasteiger partial charge in [-0.25, -0.2) is 0 Å². The minimum absolute atomic E-state index is 0. The van der Waals surface area contributed by atoms with Gasteiger partial charge in [0, 0.05) is 12.4 Å². The number of alkyl halides is 1. The van der Waals surface area contributed by atoms with E-state index >= 15 is 0 Å². The van der Waals surface area contributed by atoms with Gasteiger partial charge in [0.1, 0.15) is 0 Å². The van der Waals surface area contributed by atoms with Crippen molar-refractivity contribution in [3.8, 4) is 0 Å². The molecule has 7 heavy (non-hydrogen) atoms. The summed E-state index contributed by atoms with van der Waals surface area (Å²) in [5, 5.41) is 2.89. The normalized spacial score (nSPS) is 6.00. The molecule has 0 bridgehead atoms. The minimum Gasteiger partial charge on any atom is -0.319 e. The Kier molecular flexibility index (Phi) is 35.4. The fourth-order valence-corrected chi connectivity index (χ4v) is 0.283. The van der Waals surface area contributed by atoms with Crippen LogP contribution in [0.3, 0.4) is 0 Å². The van der Waals surface area contributed by atoms with Crippen molar-refractivity contribution in [2.45, 2.75) is 0 Å². The van der Waals surface area contributed by atoms with Crippen LogP contribution in [-0.4, -0.2) is 19.5 Å². The largest absolute Gasteiger partial charge is 0.319 e. The molecule has 0 aliphatic rings. The van der Waals surface area contributed by atoms with Gasteiger partial charge in [0.2, 0.25) is 0 Å².